The van der Waals surface area contributed by atoms with Crippen molar-refractivity contribution in [2.45, 2.75) is 19.1 Å². The number of carbonyl (C=O) groups excluding carboxylic acids is 1. The molecule has 7 nitrogen and oxygen atoms in total. The van der Waals surface area contributed by atoms with E-state index in [9.17, 15) is 13.2 Å². The minimum atomic E-state index is -3.59. The maximum absolute atomic E-state index is 12.2. The molecular weight excluding hydrogens is 400 g/mol. The zero-order valence-electron chi connectivity index (χ0n) is 16.1. The van der Waals surface area contributed by atoms with Gasteiger partial charge >= 0.3 is 0 Å². The van der Waals surface area contributed by atoms with Crippen molar-refractivity contribution in [2.75, 3.05) is 36.0 Å². The summed E-state index contributed by atoms with van der Waals surface area (Å²) in [6.45, 7) is 2.63. The highest BCUT2D eigenvalue weighted by molar-refractivity contribution is 7.98. The fraction of sp³-hybridized carbons (Fsp3) is 0.421. The first-order valence-corrected chi connectivity index (χ1v) is 12.0. The number of nitrogens with zero attached hydrogens (tertiary/aromatic N) is 1. The number of rotatable bonds is 12. The lowest BCUT2D eigenvalue weighted by atomic mass is 10.3. The number of nitrogens with one attached hydrogen (secondary N) is 1. The van der Waals surface area contributed by atoms with Gasteiger partial charge in [-0.3, -0.25) is 9.10 Å². The van der Waals surface area contributed by atoms with Crippen LogP contribution in [0.3, 0.4) is 0 Å². The third-order valence-corrected chi connectivity index (χ3v) is 5.94. The molecule has 28 heavy (non-hydrogen) atoms. The Morgan fingerprint density at radius 2 is 2.00 bits per heavy atom. The second kappa shape index (κ2) is 11.0. The quantitative estimate of drug-likeness (QED) is 0.525. The highest BCUT2D eigenvalue weighted by Gasteiger charge is 2.20. The van der Waals surface area contributed by atoms with E-state index < -0.39 is 10.0 Å². The van der Waals surface area contributed by atoms with E-state index in [0.717, 1.165) is 34.2 Å². The zero-order valence-corrected chi connectivity index (χ0v) is 17.7. The highest BCUT2D eigenvalue weighted by Crippen LogP contribution is 2.21. The fourth-order valence-corrected chi connectivity index (χ4v) is 4.15. The number of amides is 1. The van der Waals surface area contributed by atoms with Gasteiger partial charge in [-0.2, -0.15) is 11.8 Å². The monoisotopic (exact) mass is 426 g/mol. The van der Waals surface area contributed by atoms with Crippen LogP contribution in [0.25, 0.3) is 0 Å². The summed E-state index contributed by atoms with van der Waals surface area (Å²) in [6.07, 6.45) is 3.52. The molecule has 0 radical (unpaired) electrons. The van der Waals surface area contributed by atoms with Gasteiger partial charge in [0, 0.05) is 6.54 Å². The molecule has 0 saturated carbocycles. The Balaban J connectivity index is 1.79. The van der Waals surface area contributed by atoms with Crippen molar-refractivity contribution in [3.8, 4) is 5.75 Å². The average molecular weight is 427 g/mol. The van der Waals surface area contributed by atoms with Crippen molar-refractivity contribution < 1.29 is 22.4 Å². The zero-order chi connectivity index (χ0) is 20.4. The number of furan rings is 1. The Hall–Kier alpha value is -2.13. The molecule has 154 valence electrons. The normalized spacial score (nSPS) is 11.2. The maximum atomic E-state index is 12.2. The van der Waals surface area contributed by atoms with E-state index in [1.807, 2.05) is 19.1 Å². The molecule has 0 saturated heterocycles. The van der Waals surface area contributed by atoms with Crippen molar-refractivity contribution in [1.29, 1.82) is 0 Å². The van der Waals surface area contributed by atoms with Gasteiger partial charge in [-0.05, 0) is 55.5 Å². The average Bonchev–Trinajstić information content (AvgIpc) is 3.16. The van der Waals surface area contributed by atoms with Gasteiger partial charge in [-0.1, -0.05) is 0 Å². The summed E-state index contributed by atoms with van der Waals surface area (Å²) >= 11 is 1.72. The van der Waals surface area contributed by atoms with Crippen LogP contribution in [0.4, 0.5) is 5.69 Å². The first-order valence-electron chi connectivity index (χ1n) is 8.97. The number of hydrogen-bond acceptors (Lipinski definition) is 6. The predicted molar refractivity (Wildman–Crippen MR) is 112 cm³/mol. The molecule has 0 aliphatic carbocycles. The largest absolute Gasteiger partial charge is 0.494 e. The number of thioether (sulfide) groups is 1. The second-order valence-electron chi connectivity index (χ2n) is 6.03. The topological polar surface area (TPSA) is 88.8 Å². The van der Waals surface area contributed by atoms with E-state index in [0.29, 0.717) is 24.6 Å². The lowest BCUT2D eigenvalue weighted by molar-refractivity contribution is -0.119. The van der Waals surface area contributed by atoms with Crippen molar-refractivity contribution in [1.82, 2.24) is 5.32 Å². The van der Waals surface area contributed by atoms with Crippen LogP contribution in [0.2, 0.25) is 0 Å². The van der Waals surface area contributed by atoms with Gasteiger partial charge in [-0.25, -0.2) is 8.42 Å². The molecule has 2 rings (SSSR count). The van der Waals surface area contributed by atoms with E-state index in [4.69, 9.17) is 9.15 Å². The summed E-state index contributed by atoms with van der Waals surface area (Å²) in [5.41, 5.74) is 0.426. The summed E-state index contributed by atoms with van der Waals surface area (Å²) in [6, 6.07) is 10.4. The van der Waals surface area contributed by atoms with Crippen molar-refractivity contribution in [3.05, 3.63) is 48.4 Å². The van der Waals surface area contributed by atoms with Crippen LogP contribution < -0.4 is 14.4 Å². The van der Waals surface area contributed by atoms with Crippen molar-refractivity contribution >= 4 is 33.4 Å². The third kappa shape index (κ3) is 7.47. The molecule has 2 aromatic rings. The summed E-state index contributed by atoms with van der Waals surface area (Å²) in [5.74, 6) is 2.90. The number of sulfonamides is 1. The number of carbonyl (C=O) groups is 1. The Bertz CT molecular complexity index is 821. The lowest BCUT2D eigenvalue weighted by Gasteiger charge is -2.22. The van der Waals surface area contributed by atoms with Crippen molar-refractivity contribution in [2.24, 2.45) is 0 Å². The first-order chi connectivity index (χ1) is 13.4. The Kier molecular flexibility index (Phi) is 8.72. The summed E-state index contributed by atoms with van der Waals surface area (Å²) in [5, 5.41) is 2.77. The molecule has 0 unspecified atom stereocenters. The van der Waals surface area contributed by atoms with Crippen LogP contribution >= 0.6 is 11.8 Å². The van der Waals surface area contributed by atoms with E-state index in [1.54, 1.807) is 42.3 Å². The number of hydrogen-bond donors (Lipinski definition) is 1. The van der Waals surface area contributed by atoms with Crippen LogP contribution in [-0.2, 0) is 20.6 Å². The standard InChI is InChI=1S/C19H26N2O5S2/c1-3-25-17-9-7-16(8-10-17)21(28(2,23)24)14-19(22)20-11-5-13-27-15-18-6-4-12-26-18/h4,6-10,12H,3,5,11,13-15H2,1-2H3,(H,20,22). The van der Waals surface area contributed by atoms with Gasteiger partial charge in [-0.15, -0.1) is 0 Å². The number of anilines is 1. The highest BCUT2D eigenvalue weighted by atomic mass is 32.2. The smallest absolute Gasteiger partial charge is 0.240 e. The molecule has 0 bridgehead atoms. The van der Waals surface area contributed by atoms with E-state index in [1.165, 1.54) is 0 Å². The Morgan fingerprint density at radius 3 is 2.61 bits per heavy atom. The summed E-state index contributed by atoms with van der Waals surface area (Å²) in [7, 11) is -3.59. The summed E-state index contributed by atoms with van der Waals surface area (Å²) in [4.78, 5) is 12.2. The molecule has 1 aromatic heterocycles. The molecule has 0 aliphatic heterocycles. The van der Waals surface area contributed by atoms with Crippen LogP contribution in [0, 0.1) is 0 Å². The van der Waals surface area contributed by atoms with Crippen LogP contribution in [0.1, 0.15) is 19.1 Å². The molecule has 1 N–H and O–H groups in total. The predicted octanol–water partition coefficient (Wildman–Crippen LogP) is 2.88. The molecule has 1 amide bonds. The fourth-order valence-electron chi connectivity index (χ4n) is 2.43. The summed E-state index contributed by atoms with van der Waals surface area (Å²) < 4.78 is 35.9. The number of ether oxygens (including phenoxy) is 1. The van der Waals surface area contributed by atoms with Gasteiger partial charge in [0.25, 0.3) is 0 Å². The van der Waals surface area contributed by atoms with Crippen LogP contribution in [-0.4, -0.2) is 46.0 Å². The number of benzene rings is 1. The van der Waals surface area contributed by atoms with Crippen LogP contribution in [0.5, 0.6) is 5.75 Å². The first kappa shape index (κ1) is 22.2. The molecule has 1 aromatic carbocycles. The molecule has 9 heteroatoms. The molecule has 1 heterocycles. The molecule has 0 fully saturated rings. The van der Waals surface area contributed by atoms with E-state index >= 15 is 0 Å². The van der Waals surface area contributed by atoms with Gasteiger partial charge in [0.2, 0.25) is 15.9 Å². The SMILES string of the molecule is CCOc1ccc(N(CC(=O)NCCCSCc2ccco2)S(C)(=O)=O)cc1. The Morgan fingerprint density at radius 1 is 1.25 bits per heavy atom. The maximum Gasteiger partial charge on any atom is 0.240 e. The minimum Gasteiger partial charge on any atom is -0.494 e. The van der Waals surface area contributed by atoms with Crippen LogP contribution in [0.15, 0.2) is 47.1 Å². The third-order valence-electron chi connectivity index (χ3n) is 3.74. The molecule has 0 atom stereocenters. The lowest BCUT2D eigenvalue weighted by Crippen LogP contribution is -2.40. The van der Waals surface area contributed by atoms with Gasteiger partial charge < -0.3 is 14.5 Å². The molecular formula is C19H26N2O5S2. The minimum absolute atomic E-state index is 0.258. The second-order valence-corrected chi connectivity index (χ2v) is 9.04. The van der Waals surface area contributed by atoms with Crippen molar-refractivity contribution in [3.63, 3.8) is 0 Å². The van der Waals surface area contributed by atoms with Gasteiger partial charge in [0.15, 0.2) is 0 Å². The van der Waals surface area contributed by atoms with E-state index in [2.05, 4.69) is 5.32 Å². The molecule has 0 spiro atoms. The van der Waals surface area contributed by atoms with E-state index in [-0.39, 0.29) is 12.5 Å². The molecule has 0 aliphatic rings. The Labute approximate surface area is 170 Å². The van der Waals surface area contributed by atoms with Gasteiger partial charge in [0.1, 0.15) is 18.1 Å². The van der Waals surface area contributed by atoms with Gasteiger partial charge in [0.05, 0.1) is 30.6 Å².